The molecule has 3 nitrogen and oxygen atoms in total. The predicted molar refractivity (Wildman–Crippen MR) is 64.1 cm³/mol. The molecule has 0 saturated carbocycles. The van der Waals surface area contributed by atoms with Gasteiger partial charge >= 0.3 is 0 Å². The molecule has 0 radical (unpaired) electrons. The fourth-order valence-corrected chi connectivity index (χ4v) is 2.25. The van der Waals surface area contributed by atoms with Crippen molar-refractivity contribution in [1.82, 2.24) is 10.2 Å². The van der Waals surface area contributed by atoms with Gasteiger partial charge in [-0.15, -0.1) is 0 Å². The quantitative estimate of drug-likeness (QED) is 0.722. The first-order valence-electron chi connectivity index (χ1n) is 6.37. The smallest absolute Gasteiger partial charge is 0.0791 e. The van der Waals surface area contributed by atoms with E-state index < -0.39 is 0 Å². The van der Waals surface area contributed by atoms with Crippen molar-refractivity contribution in [2.45, 2.75) is 51.7 Å². The minimum atomic E-state index is -0.217. The van der Waals surface area contributed by atoms with Crippen molar-refractivity contribution in [2.75, 3.05) is 26.2 Å². The Bertz CT molecular complexity index is 164. The van der Waals surface area contributed by atoms with Gasteiger partial charge in [-0.3, -0.25) is 4.90 Å². The average Bonchev–Trinajstić information content (AvgIpc) is 2.42. The van der Waals surface area contributed by atoms with E-state index in [1.165, 1.54) is 25.7 Å². The minimum absolute atomic E-state index is 0.217. The van der Waals surface area contributed by atoms with Crippen LogP contribution in [0.15, 0.2) is 0 Å². The molecule has 0 aromatic carbocycles. The van der Waals surface area contributed by atoms with Gasteiger partial charge in [0.15, 0.2) is 0 Å². The fraction of sp³-hybridized carbons (Fsp3) is 1.00. The molecule has 0 aliphatic carbocycles. The molecule has 2 unspecified atom stereocenters. The highest BCUT2D eigenvalue weighted by Crippen LogP contribution is 2.16. The van der Waals surface area contributed by atoms with Crippen LogP contribution in [0.1, 0.15) is 39.5 Å². The van der Waals surface area contributed by atoms with Crippen LogP contribution in [0.4, 0.5) is 0 Å². The number of hydrogen-bond donors (Lipinski definition) is 2. The predicted octanol–water partition coefficient (Wildman–Crippen LogP) is 1.22. The molecule has 2 N–H and O–H groups in total. The molecule has 0 amide bonds. The highest BCUT2D eigenvalue weighted by molar-refractivity contribution is 4.75. The lowest BCUT2D eigenvalue weighted by Crippen LogP contribution is -2.42. The Hall–Kier alpha value is -0.120. The average molecular weight is 214 g/mol. The summed E-state index contributed by atoms with van der Waals surface area (Å²) in [7, 11) is 0. The molecule has 0 aromatic heterocycles. The van der Waals surface area contributed by atoms with E-state index in [4.69, 9.17) is 0 Å². The van der Waals surface area contributed by atoms with Crippen LogP contribution < -0.4 is 5.32 Å². The van der Waals surface area contributed by atoms with E-state index in [9.17, 15) is 5.11 Å². The van der Waals surface area contributed by atoms with E-state index in [0.717, 1.165) is 26.2 Å². The zero-order chi connectivity index (χ0) is 11.1. The Morgan fingerprint density at radius 3 is 2.93 bits per heavy atom. The summed E-state index contributed by atoms with van der Waals surface area (Å²) in [6.45, 7) is 8.00. The molecule has 1 saturated heterocycles. The Morgan fingerprint density at radius 2 is 2.20 bits per heavy atom. The Balaban J connectivity index is 2.27. The monoisotopic (exact) mass is 214 g/mol. The van der Waals surface area contributed by atoms with Gasteiger partial charge in [-0.1, -0.05) is 19.8 Å². The molecule has 3 heteroatoms. The molecule has 90 valence electrons. The lowest BCUT2D eigenvalue weighted by molar-refractivity contribution is 0.0924. The second-order valence-electron chi connectivity index (χ2n) is 4.65. The van der Waals surface area contributed by atoms with E-state index in [2.05, 4.69) is 24.1 Å². The standard InChI is InChI=1S/C12H26N2O/c1-3-13-9-12(15)10-14-8-6-4-5-7-11(14)2/h11-13,15H,3-10H2,1-2H3. The maximum absolute atomic E-state index is 9.84. The van der Waals surface area contributed by atoms with Gasteiger partial charge in [0.1, 0.15) is 0 Å². The highest BCUT2D eigenvalue weighted by atomic mass is 16.3. The van der Waals surface area contributed by atoms with Crippen molar-refractivity contribution in [3.63, 3.8) is 0 Å². The van der Waals surface area contributed by atoms with E-state index in [1.807, 2.05) is 0 Å². The third-order valence-corrected chi connectivity index (χ3v) is 3.27. The van der Waals surface area contributed by atoms with Crippen LogP contribution in [0.2, 0.25) is 0 Å². The van der Waals surface area contributed by atoms with E-state index in [0.29, 0.717) is 6.04 Å². The number of aliphatic hydroxyl groups is 1. The lowest BCUT2D eigenvalue weighted by atomic mass is 10.1. The maximum Gasteiger partial charge on any atom is 0.0791 e. The molecule has 15 heavy (non-hydrogen) atoms. The Morgan fingerprint density at radius 1 is 1.40 bits per heavy atom. The van der Waals surface area contributed by atoms with Crippen LogP contribution in [0.5, 0.6) is 0 Å². The molecule has 2 atom stereocenters. The number of hydrogen-bond acceptors (Lipinski definition) is 3. The first kappa shape index (κ1) is 12.9. The second-order valence-corrected chi connectivity index (χ2v) is 4.65. The molecule has 1 fully saturated rings. The SMILES string of the molecule is CCNCC(O)CN1CCCCCC1C. The van der Waals surface area contributed by atoms with Gasteiger partial charge in [0.05, 0.1) is 6.10 Å². The summed E-state index contributed by atoms with van der Waals surface area (Å²) < 4.78 is 0. The third kappa shape index (κ3) is 4.96. The molecule has 0 aromatic rings. The molecule has 1 heterocycles. The number of nitrogens with zero attached hydrogens (tertiary/aromatic N) is 1. The zero-order valence-corrected chi connectivity index (χ0v) is 10.2. The highest BCUT2D eigenvalue weighted by Gasteiger charge is 2.19. The van der Waals surface area contributed by atoms with E-state index in [-0.39, 0.29) is 6.10 Å². The normalized spacial score (nSPS) is 26.2. The van der Waals surface area contributed by atoms with Gasteiger partial charge in [-0.2, -0.15) is 0 Å². The van der Waals surface area contributed by atoms with Gasteiger partial charge in [-0.25, -0.2) is 0 Å². The first-order valence-corrected chi connectivity index (χ1v) is 6.37. The second kappa shape index (κ2) is 7.20. The maximum atomic E-state index is 9.84. The minimum Gasteiger partial charge on any atom is -0.390 e. The molecule has 0 bridgehead atoms. The van der Waals surface area contributed by atoms with Crippen molar-refractivity contribution in [3.05, 3.63) is 0 Å². The van der Waals surface area contributed by atoms with Crippen molar-refractivity contribution < 1.29 is 5.11 Å². The summed E-state index contributed by atoms with van der Waals surface area (Å²) in [5.41, 5.74) is 0. The summed E-state index contributed by atoms with van der Waals surface area (Å²) in [6, 6.07) is 0.642. The molecular formula is C12H26N2O. The third-order valence-electron chi connectivity index (χ3n) is 3.27. The van der Waals surface area contributed by atoms with Crippen LogP contribution in [-0.4, -0.2) is 48.3 Å². The van der Waals surface area contributed by atoms with Crippen LogP contribution in [-0.2, 0) is 0 Å². The number of β-amino-alcohol motifs (C(OH)–C–C–N with tert-alkyl or cyclic N) is 1. The largest absolute Gasteiger partial charge is 0.390 e. The topological polar surface area (TPSA) is 35.5 Å². The van der Waals surface area contributed by atoms with Crippen molar-refractivity contribution in [3.8, 4) is 0 Å². The molecule has 1 aliphatic rings. The molecule has 1 rings (SSSR count). The van der Waals surface area contributed by atoms with Crippen LogP contribution in [0, 0.1) is 0 Å². The lowest BCUT2D eigenvalue weighted by Gasteiger charge is -2.29. The summed E-state index contributed by atoms with van der Waals surface area (Å²) in [6.07, 6.45) is 5.06. The van der Waals surface area contributed by atoms with Gasteiger partial charge in [0.2, 0.25) is 0 Å². The first-order chi connectivity index (χ1) is 7.24. The van der Waals surface area contributed by atoms with Gasteiger partial charge in [-0.05, 0) is 32.9 Å². The van der Waals surface area contributed by atoms with Gasteiger partial charge in [0, 0.05) is 19.1 Å². The van der Waals surface area contributed by atoms with Crippen molar-refractivity contribution >= 4 is 0 Å². The molecule has 1 aliphatic heterocycles. The zero-order valence-electron chi connectivity index (χ0n) is 10.2. The number of nitrogens with one attached hydrogen (secondary N) is 1. The Kier molecular flexibility index (Phi) is 6.22. The van der Waals surface area contributed by atoms with E-state index >= 15 is 0 Å². The van der Waals surface area contributed by atoms with Crippen molar-refractivity contribution in [1.29, 1.82) is 0 Å². The van der Waals surface area contributed by atoms with Crippen LogP contribution in [0.3, 0.4) is 0 Å². The fourth-order valence-electron chi connectivity index (χ4n) is 2.25. The number of likely N-dealkylation sites (N-methyl/N-ethyl adjacent to an activating group) is 1. The number of aliphatic hydroxyl groups excluding tert-OH is 1. The van der Waals surface area contributed by atoms with Gasteiger partial charge < -0.3 is 10.4 Å². The number of rotatable bonds is 5. The van der Waals surface area contributed by atoms with Crippen LogP contribution >= 0.6 is 0 Å². The van der Waals surface area contributed by atoms with E-state index in [1.54, 1.807) is 0 Å². The summed E-state index contributed by atoms with van der Waals surface area (Å²) in [5, 5.41) is 13.0. The molecule has 0 spiro atoms. The molecular weight excluding hydrogens is 188 g/mol. The van der Waals surface area contributed by atoms with Crippen molar-refractivity contribution in [2.24, 2.45) is 0 Å². The summed E-state index contributed by atoms with van der Waals surface area (Å²) >= 11 is 0. The van der Waals surface area contributed by atoms with Crippen LogP contribution in [0.25, 0.3) is 0 Å². The number of likely N-dealkylation sites (tertiary alicyclic amines) is 1. The summed E-state index contributed by atoms with van der Waals surface area (Å²) in [5.74, 6) is 0. The summed E-state index contributed by atoms with van der Waals surface area (Å²) in [4.78, 5) is 2.44. The Labute approximate surface area is 93.9 Å². The van der Waals surface area contributed by atoms with Gasteiger partial charge in [0.25, 0.3) is 0 Å².